The Hall–Kier alpha value is -1.52. The van der Waals surface area contributed by atoms with Crippen LogP contribution in [0, 0.1) is 13.8 Å². The van der Waals surface area contributed by atoms with Crippen molar-refractivity contribution >= 4 is 17.1 Å². The summed E-state index contributed by atoms with van der Waals surface area (Å²) in [5.41, 5.74) is 9.08. The fourth-order valence-corrected chi connectivity index (χ4v) is 2.57. The molecule has 1 unspecified atom stereocenters. The van der Waals surface area contributed by atoms with Crippen LogP contribution in [0.3, 0.4) is 0 Å². The van der Waals surface area contributed by atoms with Crippen molar-refractivity contribution < 1.29 is 4.79 Å². The van der Waals surface area contributed by atoms with Crippen LogP contribution in [0.5, 0.6) is 0 Å². The molecule has 0 spiro atoms. The molecule has 94 valence electrons. The summed E-state index contributed by atoms with van der Waals surface area (Å²) >= 11 is 1.43. The second kappa shape index (κ2) is 5.00. The first-order valence-corrected chi connectivity index (χ1v) is 6.70. The highest BCUT2D eigenvalue weighted by Gasteiger charge is 2.16. The van der Waals surface area contributed by atoms with Crippen molar-refractivity contribution in [2.75, 3.05) is 0 Å². The standard InChI is InChI=1S/C14H16N2OS/c1-8-4-5-11(9(2)6-8)13(17)12-7-18-14(16-12)10(3)15/h4-7,10H,15H2,1-3H3. The van der Waals surface area contributed by atoms with Gasteiger partial charge >= 0.3 is 0 Å². The maximum atomic E-state index is 12.3. The molecule has 0 saturated carbocycles. The Kier molecular flexibility index (Phi) is 3.59. The molecule has 2 rings (SSSR count). The number of thiazole rings is 1. The minimum atomic E-state index is -0.129. The lowest BCUT2D eigenvalue weighted by Gasteiger charge is -2.04. The van der Waals surface area contributed by atoms with Gasteiger partial charge in [-0.2, -0.15) is 0 Å². The molecular weight excluding hydrogens is 244 g/mol. The molecule has 4 heteroatoms. The number of aryl methyl sites for hydroxylation is 2. The van der Waals surface area contributed by atoms with Crippen LogP contribution < -0.4 is 5.73 Å². The normalized spacial score (nSPS) is 12.4. The molecule has 0 saturated heterocycles. The number of hydrogen-bond acceptors (Lipinski definition) is 4. The van der Waals surface area contributed by atoms with Crippen LogP contribution in [0.1, 0.15) is 45.2 Å². The number of nitrogens with zero attached hydrogens (tertiary/aromatic N) is 1. The Morgan fingerprint density at radius 3 is 2.67 bits per heavy atom. The SMILES string of the molecule is Cc1ccc(C(=O)c2csc(C(C)N)n2)c(C)c1. The van der Waals surface area contributed by atoms with E-state index in [2.05, 4.69) is 4.98 Å². The fourth-order valence-electron chi connectivity index (χ4n) is 1.81. The average molecular weight is 260 g/mol. The third-order valence-electron chi connectivity index (χ3n) is 2.77. The van der Waals surface area contributed by atoms with E-state index in [9.17, 15) is 4.79 Å². The van der Waals surface area contributed by atoms with Gasteiger partial charge in [0.2, 0.25) is 5.78 Å². The molecular formula is C14H16N2OS. The second-order valence-electron chi connectivity index (χ2n) is 4.51. The predicted octanol–water partition coefficient (Wildman–Crippen LogP) is 3.01. The van der Waals surface area contributed by atoms with E-state index in [0.29, 0.717) is 11.3 Å². The molecule has 2 N–H and O–H groups in total. The van der Waals surface area contributed by atoms with Crippen molar-refractivity contribution in [3.8, 4) is 0 Å². The van der Waals surface area contributed by atoms with Crippen LogP contribution >= 0.6 is 11.3 Å². The number of carbonyl (C=O) groups is 1. The van der Waals surface area contributed by atoms with Gasteiger partial charge in [0, 0.05) is 10.9 Å². The molecule has 0 aliphatic heterocycles. The van der Waals surface area contributed by atoms with E-state index in [4.69, 9.17) is 5.73 Å². The van der Waals surface area contributed by atoms with E-state index in [-0.39, 0.29) is 11.8 Å². The summed E-state index contributed by atoms with van der Waals surface area (Å²) in [4.78, 5) is 16.6. The third kappa shape index (κ3) is 2.49. The molecule has 1 heterocycles. The minimum absolute atomic E-state index is 0.0318. The van der Waals surface area contributed by atoms with Crippen molar-refractivity contribution in [2.45, 2.75) is 26.8 Å². The van der Waals surface area contributed by atoms with E-state index in [1.54, 1.807) is 5.38 Å². The topological polar surface area (TPSA) is 56.0 Å². The Balaban J connectivity index is 2.35. The highest BCUT2D eigenvalue weighted by atomic mass is 32.1. The molecule has 3 nitrogen and oxygen atoms in total. The van der Waals surface area contributed by atoms with Crippen LogP contribution in [0.25, 0.3) is 0 Å². The number of aromatic nitrogens is 1. The molecule has 2 aromatic rings. The summed E-state index contributed by atoms with van der Waals surface area (Å²) in [6.07, 6.45) is 0. The maximum Gasteiger partial charge on any atom is 0.212 e. The van der Waals surface area contributed by atoms with E-state index in [0.717, 1.165) is 16.1 Å². The molecule has 1 aromatic carbocycles. The first kappa shape index (κ1) is 12.9. The van der Waals surface area contributed by atoms with Gasteiger partial charge in [0.25, 0.3) is 0 Å². The van der Waals surface area contributed by atoms with E-state index >= 15 is 0 Å². The van der Waals surface area contributed by atoms with Gasteiger partial charge in [-0.25, -0.2) is 4.98 Å². The maximum absolute atomic E-state index is 12.3. The van der Waals surface area contributed by atoms with Crippen LogP contribution in [0.4, 0.5) is 0 Å². The lowest BCUT2D eigenvalue weighted by Crippen LogP contribution is -2.07. The van der Waals surface area contributed by atoms with Gasteiger partial charge in [0.05, 0.1) is 6.04 Å². The average Bonchev–Trinajstić information content (AvgIpc) is 2.77. The number of rotatable bonds is 3. The largest absolute Gasteiger partial charge is 0.322 e. The van der Waals surface area contributed by atoms with E-state index in [1.807, 2.05) is 39.0 Å². The van der Waals surface area contributed by atoms with Gasteiger partial charge < -0.3 is 5.73 Å². The lowest BCUT2D eigenvalue weighted by atomic mass is 10.0. The van der Waals surface area contributed by atoms with Gasteiger partial charge in [-0.1, -0.05) is 23.8 Å². The number of benzene rings is 1. The summed E-state index contributed by atoms with van der Waals surface area (Å²) in [5, 5.41) is 2.57. The number of hydrogen-bond donors (Lipinski definition) is 1. The zero-order valence-electron chi connectivity index (χ0n) is 10.7. The number of carbonyl (C=O) groups excluding carboxylic acids is 1. The van der Waals surface area contributed by atoms with Gasteiger partial charge in [-0.05, 0) is 26.3 Å². The quantitative estimate of drug-likeness (QED) is 0.863. The smallest absolute Gasteiger partial charge is 0.212 e. The zero-order valence-corrected chi connectivity index (χ0v) is 11.5. The van der Waals surface area contributed by atoms with Crippen molar-refractivity contribution in [2.24, 2.45) is 5.73 Å². The molecule has 0 amide bonds. The van der Waals surface area contributed by atoms with Crippen LogP contribution in [0.2, 0.25) is 0 Å². The Labute approximate surface area is 111 Å². The number of nitrogens with two attached hydrogens (primary N) is 1. The molecule has 0 radical (unpaired) electrons. The first-order valence-electron chi connectivity index (χ1n) is 5.82. The Morgan fingerprint density at radius 2 is 2.11 bits per heavy atom. The molecule has 1 atom stereocenters. The second-order valence-corrected chi connectivity index (χ2v) is 5.40. The molecule has 0 aliphatic carbocycles. The Bertz CT molecular complexity index is 587. The molecule has 0 bridgehead atoms. The molecule has 0 fully saturated rings. The highest BCUT2D eigenvalue weighted by Crippen LogP contribution is 2.20. The van der Waals surface area contributed by atoms with Crippen LogP contribution in [-0.2, 0) is 0 Å². The van der Waals surface area contributed by atoms with Gasteiger partial charge in [0.1, 0.15) is 10.7 Å². The first-order chi connectivity index (χ1) is 8.49. The summed E-state index contributed by atoms with van der Waals surface area (Å²) in [6, 6.07) is 5.68. The van der Waals surface area contributed by atoms with Gasteiger partial charge in [0.15, 0.2) is 0 Å². The fraction of sp³-hybridized carbons (Fsp3) is 0.286. The van der Waals surface area contributed by atoms with Crippen LogP contribution in [0.15, 0.2) is 23.6 Å². The molecule has 0 aliphatic rings. The Morgan fingerprint density at radius 1 is 1.39 bits per heavy atom. The lowest BCUT2D eigenvalue weighted by molar-refractivity contribution is 0.103. The third-order valence-corrected chi connectivity index (χ3v) is 3.82. The molecule has 18 heavy (non-hydrogen) atoms. The highest BCUT2D eigenvalue weighted by molar-refractivity contribution is 7.09. The van der Waals surface area contributed by atoms with Crippen LogP contribution in [-0.4, -0.2) is 10.8 Å². The summed E-state index contributed by atoms with van der Waals surface area (Å²) in [6.45, 7) is 5.82. The predicted molar refractivity (Wildman–Crippen MR) is 74.1 cm³/mol. The van der Waals surface area contributed by atoms with Crippen molar-refractivity contribution in [3.63, 3.8) is 0 Å². The number of ketones is 1. The van der Waals surface area contributed by atoms with Crippen molar-refractivity contribution in [1.29, 1.82) is 0 Å². The van der Waals surface area contributed by atoms with Gasteiger partial charge in [-0.3, -0.25) is 4.79 Å². The summed E-state index contributed by atoms with van der Waals surface area (Å²) in [7, 11) is 0. The van der Waals surface area contributed by atoms with Gasteiger partial charge in [-0.15, -0.1) is 11.3 Å². The minimum Gasteiger partial charge on any atom is -0.322 e. The zero-order chi connectivity index (χ0) is 13.3. The van der Waals surface area contributed by atoms with Crippen molar-refractivity contribution in [3.05, 3.63) is 51.0 Å². The monoisotopic (exact) mass is 260 g/mol. The molecule has 1 aromatic heterocycles. The van der Waals surface area contributed by atoms with E-state index < -0.39 is 0 Å². The van der Waals surface area contributed by atoms with E-state index in [1.165, 1.54) is 11.3 Å². The summed E-state index contributed by atoms with van der Waals surface area (Å²) in [5.74, 6) is -0.0318. The summed E-state index contributed by atoms with van der Waals surface area (Å²) < 4.78 is 0. The van der Waals surface area contributed by atoms with Crippen molar-refractivity contribution in [1.82, 2.24) is 4.98 Å².